The van der Waals surface area contributed by atoms with Gasteiger partial charge in [-0.2, -0.15) is 0 Å². The number of nitrogens with zero attached hydrogens (tertiary/aromatic N) is 3. The summed E-state index contributed by atoms with van der Waals surface area (Å²) in [5.74, 6) is 0. The van der Waals surface area contributed by atoms with Crippen molar-refractivity contribution in [3.05, 3.63) is 24.3 Å². The van der Waals surface area contributed by atoms with Gasteiger partial charge in [-0.15, -0.1) is 0 Å². The molecular formula is C16H25N3O3. The van der Waals surface area contributed by atoms with Crippen LogP contribution < -0.4 is 0 Å². The van der Waals surface area contributed by atoms with E-state index in [4.69, 9.17) is 9.47 Å². The Bertz CT molecular complexity index is 479. The Labute approximate surface area is 131 Å². The van der Waals surface area contributed by atoms with Gasteiger partial charge in [0.1, 0.15) is 5.60 Å². The van der Waals surface area contributed by atoms with Crippen LogP contribution in [-0.4, -0.2) is 45.8 Å². The molecule has 1 aliphatic rings. The van der Waals surface area contributed by atoms with Crippen molar-refractivity contribution >= 4 is 6.09 Å². The van der Waals surface area contributed by atoms with Crippen LogP contribution >= 0.6 is 0 Å². The highest BCUT2D eigenvalue weighted by Crippen LogP contribution is 2.22. The van der Waals surface area contributed by atoms with Crippen molar-refractivity contribution < 1.29 is 14.3 Å². The first-order valence-electron chi connectivity index (χ1n) is 7.74. The second-order valence-electron chi connectivity index (χ2n) is 6.58. The number of likely N-dealkylation sites (tertiary alicyclic amines) is 1. The fourth-order valence-electron chi connectivity index (χ4n) is 2.38. The van der Waals surface area contributed by atoms with Crippen LogP contribution in [0.5, 0.6) is 0 Å². The minimum atomic E-state index is -0.453. The number of rotatable bonds is 3. The van der Waals surface area contributed by atoms with Crippen LogP contribution in [0.3, 0.4) is 0 Å². The lowest BCUT2D eigenvalue weighted by molar-refractivity contribution is -0.0424. The molecule has 0 spiro atoms. The van der Waals surface area contributed by atoms with Gasteiger partial charge in [-0.05, 0) is 40.5 Å². The predicted octanol–water partition coefficient (Wildman–Crippen LogP) is 2.95. The Kier molecular flexibility index (Phi) is 5.34. The highest BCUT2D eigenvalue weighted by Gasteiger charge is 2.28. The van der Waals surface area contributed by atoms with E-state index < -0.39 is 5.60 Å². The number of hydrogen-bond donors (Lipinski definition) is 0. The summed E-state index contributed by atoms with van der Waals surface area (Å²) in [5.41, 5.74) is 0.377. The van der Waals surface area contributed by atoms with Gasteiger partial charge in [0, 0.05) is 25.5 Å². The molecule has 1 aromatic heterocycles. The average molecular weight is 307 g/mol. The molecule has 22 heavy (non-hydrogen) atoms. The number of ether oxygens (including phenoxy) is 2. The van der Waals surface area contributed by atoms with Crippen LogP contribution in [0.1, 0.15) is 52.3 Å². The number of aromatic nitrogens is 2. The molecule has 1 saturated heterocycles. The van der Waals surface area contributed by atoms with Gasteiger partial charge >= 0.3 is 6.09 Å². The van der Waals surface area contributed by atoms with Gasteiger partial charge in [0.25, 0.3) is 0 Å². The first-order chi connectivity index (χ1) is 10.3. The fraction of sp³-hybridized carbons (Fsp3) is 0.688. The molecule has 0 N–H and O–H groups in total. The van der Waals surface area contributed by atoms with Gasteiger partial charge < -0.3 is 14.4 Å². The number of carbonyl (C=O) groups excluding carboxylic acids is 1. The van der Waals surface area contributed by atoms with Gasteiger partial charge in [0.05, 0.1) is 24.1 Å². The highest BCUT2D eigenvalue weighted by atomic mass is 16.6. The molecule has 122 valence electrons. The van der Waals surface area contributed by atoms with Crippen molar-refractivity contribution in [1.29, 1.82) is 0 Å². The zero-order chi connectivity index (χ0) is 16.2. The summed E-state index contributed by atoms with van der Waals surface area (Å²) in [5, 5.41) is 0. The van der Waals surface area contributed by atoms with E-state index in [9.17, 15) is 4.79 Å². The molecule has 6 nitrogen and oxygen atoms in total. The summed E-state index contributed by atoms with van der Waals surface area (Å²) in [7, 11) is 0. The molecule has 0 aliphatic carbocycles. The van der Waals surface area contributed by atoms with Gasteiger partial charge in [0.2, 0.25) is 0 Å². The van der Waals surface area contributed by atoms with Crippen LogP contribution in [0.15, 0.2) is 18.6 Å². The second kappa shape index (κ2) is 7.05. The molecular weight excluding hydrogens is 282 g/mol. The molecule has 1 aromatic rings. The molecule has 0 radical (unpaired) electrons. The number of piperidine rings is 1. The minimum Gasteiger partial charge on any atom is -0.444 e. The summed E-state index contributed by atoms with van der Waals surface area (Å²) in [6, 6.07) is 0. The zero-order valence-electron chi connectivity index (χ0n) is 13.8. The summed E-state index contributed by atoms with van der Waals surface area (Å²) >= 11 is 0. The van der Waals surface area contributed by atoms with E-state index in [0.717, 1.165) is 18.5 Å². The van der Waals surface area contributed by atoms with Crippen LogP contribution in [0, 0.1) is 0 Å². The number of carbonyl (C=O) groups is 1. The molecule has 0 saturated carbocycles. The van der Waals surface area contributed by atoms with E-state index in [0.29, 0.717) is 13.1 Å². The molecule has 0 aromatic carbocycles. The lowest BCUT2D eigenvalue weighted by Gasteiger charge is -2.34. The SMILES string of the molecule is CC(OC1CCN(C(=O)OC(C)(C)C)CC1)c1cnccn1. The Balaban J connectivity index is 1.79. The normalized spacial score (nSPS) is 18.1. The van der Waals surface area contributed by atoms with Gasteiger partial charge in [-0.1, -0.05) is 0 Å². The molecule has 2 heterocycles. The van der Waals surface area contributed by atoms with Crippen molar-refractivity contribution in [2.24, 2.45) is 0 Å². The molecule has 1 fully saturated rings. The standard InChI is InChI=1S/C16H25N3O3/c1-12(14-11-17-7-8-18-14)21-13-5-9-19(10-6-13)15(20)22-16(2,3)4/h7-8,11-13H,5-6,9-10H2,1-4H3. The first-order valence-corrected chi connectivity index (χ1v) is 7.74. The number of hydrogen-bond acceptors (Lipinski definition) is 5. The Hall–Kier alpha value is -1.69. The van der Waals surface area contributed by atoms with Gasteiger partial charge in [-0.25, -0.2) is 4.79 Å². The maximum Gasteiger partial charge on any atom is 0.410 e. The topological polar surface area (TPSA) is 64.5 Å². The maximum atomic E-state index is 12.0. The van der Waals surface area contributed by atoms with E-state index >= 15 is 0 Å². The zero-order valence-corrected chi connectivity index (χ0v) is 13.8. The second-order valence-corrected chi connectivity index (χ2v) is 6.58. The molecule has 2 rings (SSSR count). The molecule has 1 atom stereocenters. The van der Waals surface area contributed by atoms with Gasteiger partial charge in [-0.3, -0.25) is 9.97 Å². The van der Waals surface area contributed by atoms with Crippen molar-refractivity contribution in [3.63, 3.8) is 0 Å². The maximum absolute atomic E-state index is 12.0. The summed E-state index contributed by atoms with van der Waals surface area (Å²) in [4.78, 5) is 22.1. The first kappa shape index (κ1) is 16.7. The highest BCUT2D eigenvalue weighted by molar-refractivity contribution is 5.68. The summed E-state index contributed by atoms with van der Waals surface area (Å²) < 4.78 is 11.4. The van der Waals surface area contributed by atoms with Crippen LogP contribution in [0.25, 0.3) is 0 Å². The average Bonchev–Trinajstić information content (AvgIpc) is 2.47. The van der Waals surface area contributed by atoms with Crippen molar-refractivity contribution in [3.8, 4) is 0 Å². The quantitative estimate of drug-likeness (QED) is 0.859. The summed E-state index contributed by atoms with van der Waals surface area (Å²) in [6.07, 6.45) is 6.46. The predicted molar refractivity (Wildman–Crippen MR) is 82.4 cm³/mol. The van der Waals surface area contributed by atoms with E-state index in [-0.39, 0.29) is 18.3 Å². The molecule has 0 bridgehead atoms. The van der Waals surface area contributed by atoms with Crippen LogP contribution in [0.2, 0.25) is 0 Å². The summed E-state index contributed by atoms with van der Waals surface area (Å²) in [6.45, 7) is 8.93. The molecule has 1 aliphatic heterocycles. The smallest absolute Gasteiger partial charge is 0.410 e. The molecule has 6 heteroatoms. The lowest BCUT2D eigenvalue weighted by Crippen LogP contribution is -2.43. The largest absolute Gasteiger partial charge is 0.444 e. The molecule has 1 unspecified atom stereocenters. The number of amides is 1. The Morgan fingerprint density at radius 3 is 2.55 bits per heavy atom. The van der Waals surface area contributed by atoms with E-state index in [1.165, 1.54) is 0 Å². The van der Waals surface area contributed by atoms with Crippen molar-refractivity contribution in [2.75, 3.05) is 13.1 Å². The molecule has 1 amide bonds. The van der Waals surface area contributed by atoms with Crippen LogP contribution in [-0.2, 0) is 9.47 Å². The van der Waals surface area contributed by atoms with Crippen molar-refractivity contribution in [1.82, 2.24) is 14.9 Å². The van der Waals surface area contributed by atoms with Gasteiger partial charge in [0.15, 0.2) is 0 Å². The minimum absolute atomic E-state index is 0.0909. The third-order valence-electron chi connectivity index (χ3n) is 3.49. The van der Waals surface area contributed by atoms with E-state index in [1.807, 2.05) is 27.7 Å². The third-order valence-corrected chi connectivity index (χ3v) is 3.49. The van der Waals surface area contributed by atoms with E-state index in [2.05, 4.69) is 9.97 Å². The Morgan fingerprint density at radius 2 is 2.00 bits per heavy atom. The third kappa shape index (κ3) is 4.94. The monoisotopic (exact) mass is 307 g/mol. The van der Waals surface area contributed by atoms with E-state index in [1.54, 1.807) is 23.5 Å². The van der Waals surface area contributed by atoms with Crippen molar-refractivity contribution in [2.45, 2.75) is 58.3 Å². The Morgan fingerprint density at radius 1 is 1.32 bits per heavy atom. The lowest BCUT2D eigenvalue weighted by atomic mass is 10.1. The fourth-order valence-corrected chi connectivity index (χ4v) is 2.38. The van der Waals surface area contributed by atoms with Crippen LogP contribution in [0.4, 0.5) is 4.79 Å².